The third kappa shape index (κ3) is 2.47. The Labute approximate surface area is 121 Å². The summed E-state index contributed by atoms with van der Waals surface area (Å²) in [5.41, 5.74) is 2.63. The zero-order chi connectivity index (χ0) is 13.9. The van der Waals surface area contributed by atoms with Crippen molar-refractivity contribution in [2.24, 2.45) is 0 Å². The second-order valence-electron chi connectivity index (χ2n) is 4.60. The number of thioether (sulfide) groups is 1. The molecule has 3 rings (SSSR count). The molecule has 3 nitrogen and oxygen atoms in total. The molecule has 0 radical (unpaired) electrons. The molecule has 0 atom stereocenters. The molecule has 0 saturated carbocycles. The van der Waals surface area contributed by atoms with Crippen LogP contribution >= 0.6 is 11.8 Å². The lowest BCUT2D eigenvalue weighted by molar-refractivity contribution is -0.116. The van der Waals surface area contributed by atoms with Crippen LogP contribution in [0, 0.1) is 0 Å². The van der Waals surface area contributed by atoms with Crippen LogP contribution in [-0.4, -0.2) is 17.9 Å². The van der Waals surface area contributed by atoms with E-state index in [1.165, 1.54) is 11.8 Å². The zero-order valence-corrected chi connectivity index (χ0v) is 11.6. The lowest BCUT2D eigenvalue weighted by Crippen LogP contribution is -2.34. The van der Waals surface area contributed by atoms with Crippen LogP contribution in [0.5, 0.6) is 0 Å². The van der Waals surface area contributed by atoms with Gasteiger partial charge in [0, 0.05) is 10.5 Å². The number of anilines is 1. The molecule has 0 unspecified atom stereocenters. The van der Waals surface area contributed by atoms with Gasteiger partial charge in [0.2, 0.25) is 5.91 Å². The maximum Gasteiger partial charge on any atom is 0.237 e. The first-order chi connectivity index (χ1) is 9.78. The lowest BCUT2D eigenvalue weighted by atomic mass is 10.1. The molecule has 0 bridgehead atoms. The van der Waals surface area contributed by atoms with E-state index in [4.69, 9.17) is 0 Å². The van der Waals surface area contributed by atoms with Gasteiger partial charge in [-0.2, -0.15) is 0 Å². The second kappa shape index (κ2) is 5.51. The summed E-state index contributed by atoms with van der Waals surface area (Å²) in [6.45, 7) is 0.563. The van der Waals surface area contributed by atoms with Gasteiger partial charge in [-0.05, 0) is 23.8 Å². The van der Waals surface area contributed by atoms with E-state index in [0.717, 1.165) is 22.4 Å². The number of nitrogens with zero attached hydrogens (tertiary/aromatic N) is 1. The SMILES string of the molecule is O=Cc1ccc2c(c1)SCC(=O)N2Cc1ccccc1. The summed E-state index contributed by atoms with van der Waals surface area (Å²) in [6, 6.07) is 15.4. The highest BCUT2D eigenvalue weighted by Gasteiger charge is 2.24. The van der Waals surface area contributed by atoms with Gasteiger partial charge >= 0.3 is 0 Å². The predicted molar refractivity (Wildman–Crippen MR) is 80.2 cm³/mol. The van der Waals surface area contributed by atoms with Crippen molar-refractivity contribution in [1.82, 2.24) is 0 Å². The fraction of sp³-hybridized carbons (Fsp3) is 0.125. The molecular formula is C16H13NO2S. The highest BCUT2D eigenvalue weighted by atomic mass is 32.2. The minimum absolute atomic E-state index is 0.102. The van der Waals surface area contributed by atoms with E-state index in [9.17, 15) is 9.59 Å². The first kappa shape index (κ1) is 12.9. The molecule has 0 spiro atoms. The molecule has 1 aliphatic rings. The van der Waals surface area contributed by atoms with Gasteiger partial charge in [-0.25, -0.2) is 0 Å². The second-order valence-corrected chi connectivity index (χ2v) is 5.62. The molecule has 0 fully saturated rings. The highest BCUT2D eigenvalue weighted by Crippen LogP contribution is 2.36. The number of aldehydes is 1. The maximum atomic E-state index is 12.2. The van der Waals surface area contributed by atoms with Gasteiger partial charge in [-0.15, -0.1) is 11.8 Å². The van der Waals surface area contributed by atoms with Crippen LogP contribution in [0.15, 0.2) is 53.4 Å². The third-order valence-corrected chi connectivity index (χ3v) is 4.28. The van der Waals surface area contributed by atoms with Crippen molar-refractivity contribution in [3.8, 4) is 0 Å². The van der Waals surface area contributed by atoms with Gasteiger partial charge < -0.3 is 4.90 Å². The summed E-state index contributed by atoms with van der Waals surface area (Å²) in [4.78, 5) is 25.8. The summed E-state index contributed by atoms with van der Waals surface area (Å²) in [5.74, 6) is 0.521. The molecule has 2 aromatic rings. The maximum absolute atomic E-state index is 12.2. The van der Waals surface area contributed by atoms with Crippen molar-refractivity contribution in [3.63, 3.8) is 0 Å². The number of hydrogen-bond acceptors (Lipinski definition) is 3. The van der Waals surface area contributed by atoms with Gasteiger partial charge in [0.15, 0.2) is 0 Å². The molecule has 2 aromatic carbocycles. The summed E-state index contributed by atoms with van der Waals surface area (Å²) in [7, 11) is 0. The summed E-state index contributed by atoms with van der Waals surface area (Å²) in [5, 5.41) is 0. The number of hydrogen-bond donors (Lipinski definition) is 0. The Morgan fingerprint density at radius 2 is 1.95 bits per heavy atom. The number of rotatable bonds is 3. The fourth-order valence-electron chi connectivity index (χ4n) is 2.23. The van der Waals surface area contributed by atoms with E-state index in [1.54, 1.807) is 11.0 Å². The Morgan fingerprint density at radius 3 is 2.70 bits per heavy atom. The summed E-state index contributed by atoms with van der Waals surface area (Å²) < 4.78 is 0. The number of fused-ring (bicyclic) bond motifs is 1. The van der Waals surface area contributed by atoms with E-state index >= 15 is 0 Å². The van der Waals surface area contributed by atoms with Gasteiger partial charge in [-0.3, -0.25) is 9.59 Å². The van der Waals surface area contributed by atoms with Crippen LogP contribution in [0.2, 0.25) is 0 Å². The Kier molecular flexibility index (Phi) is 3.56. The van der Waals surface area contributed by atoms with Crippen LogP contribution in [0.4, 0.5) is 5.69 Å². The first-order valence-corrected chi connectivity index (χ1v) is 7.33. The zero-order valence-electron chi connectivity index (χ0n) is 10.8. The molecule has 1 amide bonds. The number of carbonyl (C=O) groups excluding carboxylic acids is 2. The monoisotopic (exact) mass is 283 g/mol. The van der Waals surface area contributed by atoms with E-state index in [-0.39, 0.29) is 5.91 Å². The Bertz CT molecular complexity index is 655. The first-order valence-electron chi connectivity index (χ1n) is 6.34. The van der Waals surface area contributed by atoms with Crippen molar-refractivity contribution in [2.45, 2.75) is 11.4 Å². The smallest absolute Gasteiger partial charge is 0.237 e. The molecule has 100 valence electrons. The normalized spacial score (nSPS) is 14.0. The number of benzene rings is 2. The number of amides is 1. The van der Waals surface area contributed by atoms with Gasteiger partial charge in [0.1, 0.15) is 6.29 Å². The van der Waals surface area contributed by atoms with Crippen molar-refractivity contribution in [3.05, 3.63) is 59.7 Å². The standard InChI is InChI=1S/C16H13NO2S/c18-10-13-6-7-14-15(8-13)20-11-16(19)17(14)9-12-4-2-1-3-5-12/h1-8,10H,9,11H2. The molecule has 1 aliphatic heterocycles. The molecule has 0 saturated heterocycles. The average molecular weight is 283 g/mol. The van der Waals surface area contributed by atoms with Crippen molar-refractivity contribution < 1.29 is 9.59 Å². The van der Waals surface area contributed by atoms with Crippen LogP contribution in [0.25, 0.3) is 0 Å². The van der Waals surface area contributed by atoms with E-state index in [1.807, 2.05) is 42.5 Å². The van der Waals surface area contributed by atoms with Crippen LogP contribution in [0.1, 0.15) is 15.9 Å². The van der Waals surface area contributed by atoms with Crippen LogP contribution in [-0.2, 0) is 11.3 Å². The topological polar surface area (TPSA) is 37.4 Å². The van der Waals surface area contributed by atoms with Crippen molar-refractivity contribution >= 4 is 29.6 Å². The Balaban J connectivity index is 1.95. The molecule has 0 N–H and O–H groups in total. The van der Waals surface area contributed by atoms with Crippen LogP contribution in [0.3, 0.4) is 0 Å². The van der Waals surface area contributed by atoms with E-state index in [0.29, 0.717) is 17.9 Å². The molecular weight excluding hydrogens is 270 g/mol. The average Bonchev–Trinajstić information content (AvgIpc) is 2.50. The largest absolute Gasteiger partial charge is 0.306 e. The van der Waals surface area contributed by atoms with Gasteiger partial charge in [-0.1, -0.05) is 30.3 Å². The van der Waals surface area contributed by atoms with Crippen molar-refractivity contribution in [1.29, 1.82) is 0 Å². The van der Waals surface area contributed by atoms with Gasteiger partial charge in [0.25, 0.3) is 0 Å². The summed E-state index contributed by atoms with van der Waals surface area (Å²) in [6.07, 6.45) is 0.832. The summed E-state index contributed by atoms with van der Waals surface area (Å²) >= 11 is 1.49. The molecule has 1 heterocycles. The quantitative estimate of drug-likeness (QED) is 0.812. The Hall–Kier alpha value is -2.07. The predicted octanol–water partition coefficient (Wildman–Crippen LogP) is 3.14. The minimum Gasteiger partial charge on any atom is -0.306 e. The van der Waals surface area contributed by atoms with E-state index < -0.39 is 0 Å². The molecule has 4 heteroatoms. The molecule has 0 aromatic heterocycles. The van der Waals surface area contributed by atoms with Crippen molar-refractivity contribution in [2.75, 3.05) is 10.7 Å². The number of carbonyl (C=O) groups is 2. The third-order valence-electron chi connectivity index (χ3n) is 3.25. The fourth-order valence-corrected chi connectivity index (χ4v) is 3.21. The van der Waals surface area contributed by atoms with E-state index in [2.05, 4.69) is 0 Å². The molecule has 20 heavy (non-hydrogen) atoms. The Morgan fingerprint density at radius 1 is 1.15 bits per heavy atom. The molecule has 0 aliphatic carbocycles. The highest BCUT2D eigenvalue weighted by molar-refractivity contribution is 8.00. The minimum atomic E-state index is 0.102. The lowest BCUT2D eigenvalue weighted by Gasteiger charge is -2.29. The van der Waals surface area contributed by atoms with Crippen LogP contribution < -0.4 is 4.90 Å². The van der Waals surface area contributed by atoms with Gasteiger partial charge in [0.05, 0.1) is 18.0 Å².